The number of nitrogens with zero attached hydrogens (tertiary/aromatic N) is 2. The van der Waals surface area contributed by atoms with Crippen LogP contribution in [0.3, 0.4) is 0 Å². The second kappa shape index (κ2) is 9.40. The highest BCUT2D eigenvalue weighted by Crippen LogP contribution is 2.28. The maximum absolute atomic E-state index is 13.3. The predicted octanol–water partition coefficient (Wildman–Crippen LogP) is 3.98. The highest BCUT2D eigenvalue weighted by atomic mass is 35.5. The molecule has 0 spiro atoms. The largest absolute Gasteiger partial charge is 0.478 e. The van der Waals surface area contributed by atoms with E-state index in [0.29, 0.717) is 33.3 Å². The summed E-state index contributed by atoms with van der Waals surface area (Å²) in [6.07, 6.45) is 1.41. The average molecular weight is 524 g/mol. The van der Waals surface area contributed by atoms with E-state index in [1.807, 2.05) is 0 Å². The van der Waals surface area contributed by atoms with Crippen LogP contribution in [0, 0.1) is 13.8 Å². The van der Waals surface area contributed by atoms with Gasteiger partial charge in [-0.05, 0) is 80.2 Å². The molecule has 0 unspecified atom stereocenters. The van der Waals surface area contributed by atoms with Crippen LogP contribution in [0.4, 0.5) is 5.69 Å². The third kappa shape index (κ3) is 4.51. The lowest BCUT2D eigenvalue weighted by Gasteiger charge is -2.29. The Labute approximate surface area is 215 Å². The number of aromatic carboxylic acids is 2. The lowest BCUT2D eigenvalue weighted by Crippen LogP contribution is -2.54. The number of carbonyl (C=O) groups excluding carboxylic acids is 2. The minimum Gasteiger partial charge on any atom is -0.478 e. The van der Waals surface area contributed by atoms with Crippen molar-refractivity contribution in [1.29, 1.82) is 0 Å². The van der Waals surface area contributed by atoms with Crippen molar-refractivity contribution in [1.82, 2.24) is 9.88 Å². The Morgan fingerprint density at radius 2 is 1.61 bits per heavy atom. The molecule has 36 heavy (non-hydrogen) atoms. The topological polar surface area (TPSA) is 129 Å². The molecule has 0 aliphatic carbocycles. The molecule has 11 heteroatoms. The van der Waals surface area contributed by atoms with Gasteiger partial charge < -0.3 is 14.8 Å². The molecule has 0 bridgehead atoms. The van der Waals surface area contributed by atoms with Gasteiger partial charge in [0.2, 0.25) is 0 Å². The van der Waals surface area contributed by atoms with E-state index >= 15 is 0 Å². The summed E-state index contributed by atoms with van der Waals surface area (Å²) in [4.78, 5) is 50.3. The van der Waals surface area contributed by atoms with Crippen molar-refractivity contribution in [2.45, 2.75) is 13.8 Å². The van der Waals surface area contributed by atoms with Crippen LogP contribution in [0.2, 0.25) is 5.02 Å². The number of aryl methyl sites for hydroxylation is 1. The molecule has 0 radical (unpaired) electrons. The van der Waals surface area contributed by atoms with Crippen molar-refractivity contribution in [3.63, 3.8) is 0 Å². The third-order valence-corrected chi connectivity index (χ3v) is 6.13. The number of thiocarbonyl (C=S) groups is 1. The van der Waals surface area contributed by atoms with Gasteiger partial charge in [-0.1, -0.05) is 17.7 Å². The zero-order valence-electron chi connectivity index (χ0n) is 18.9. The van der Waals surface area contributed by atoms with Crippen molar-refractivity contribution >= 4 is 64.4 Å². The summed E-state index contributed by atoms with van der Waals surface area (Å²) in [5, 5.41) is 21.7. The normalized spacial score (nSPS) is 14.8. The van der Waals surface area contributed by atoms with Gasteiger partial charge in [0.25, 0.3) is 11.8 Å². The predicted molar refractivity (Wildman–Crippen MR) is 137 cm³/mol. The molecular weight excluding hydrogens is 506 g/mol. The van der Waals surface area contributed by atoms with E-state index in [1.165, 1.54) is 23.1 Å². The smallest absolute Gasteiger partial charge is 0.335 e. The lowest BCUT2D eigenvalue weighted by molar-refractivity contribution is -0.122. The molecule has 3 N–H and O–H groups in total. The van der Waals surface area contributed by atoms with Crippen LogP contribution >= 0.6 is 23.8 Å². The molecule has 2 heterocycles. The van der Waals surface area contributed by atoms with Crippen LogP contribution in [0.5, 0.6) is 0 Å². The number of carboxylic acids is 2. The molecule has 4 rings (SSSR count). The number of nitrogens with one attached hydrogen (secondary N) is 1. The molecule has 0 atom stereocenters. The summed E-state index contributed by atoms with van der Waals surface area (Å²) >= 11 is 11.3. The number of hydrogen-bond donors (Lipinski definition) is 3. The summed E-state index contributed by atoms with van der Waals surface area (Å²) < 4.78 is 1.65. The molecule has 1 aliphatic heterocycles. The Hall–Kier alpha value is -4.28. The van der Waals surface area contributed by atoms with E-state index in [9.17, 15) is 29.4 Å². The van der Waals surface area contributed by atoms with Gasteiger partial charge >= 0.3 is 11.9 Å². The zero-order chi connectivity index (χ0) is 26.3. The Balaban J connectivity index is 1.81. The summed E-state index contributed by atoms with van der Waals surface area (Å²) in [5.74, 6) is -3.86. The van der Waals surface area contributed by atoms with Crippen LogP contribution in [0.25, 0.3) is 11.8 Å². The van der Waals surface area contributed by atoms with Crippen LogP contribution in [0.1, 0.15) is 37.7 Å². The average Bonchev–Trinajstić information content (AvgIpc) is 3.08. The van der Waals surface area contributed by atoms with Gasteiger partial charge in [-0.25, -0.2) is 9.59 Å². The highest BCUT2D eigenvalue weighted by molar-refractivity contribution is 7.80. The van der Waals surface area contributed by atoms with Crippen molar-refractivity contribution in [2.24, 2.45) is 0 Å². The second-order valence-electron chi connectivity index (χ2n) is 7.98. The molecule has 2 aromatic carbocycles. The van der Waals surface area contributed by atoms with Crippen molar-refractivity contribution in [3.8, 4) is 5.69 Å². The minimum atomic E-state index is -1.27. The first-order chi connectivity index (χ1) is 17.0. The minimum absolute atomic E-state index is 0.0819. The SMILES string of the molecule is Cc1cc(/C=C2\C(=O)NC(=S)N(c3cccc(Cl)c3)C2=O)c(C)n1-c1cc(C(=O)O)cc(C(=O)O)c1. The number of hydrogen-bond acceptors (Lipinski definition) is 5. The summed E-state index contributed by atoms with van der Waals surface area (Å²) in [6.45, 7) is 3.44. The zero-order valence-corrected chi connectivity index (χ0v) is 20.5. The number of halogens is 1. The Bertz CT molecular complexity index is 1490. The lowest BCUT2D eigenvalue weighted by atomic mass is 10.1. The molecular formula is C25H18ClN3O6S. The van der Waals surface area contributed by atoms with Crippen LogP contribution < -0.4 is 10.2 Å². The van der Waals surface area contributed by atoms with Gasteiger partial charge in [0.05, 0.1) is 16.8 Å². The van der Waals surface area contributed by atoms with Gasteiger partial charge in [-0.15, -0.1) is 0 Å². The molecule has 1 saturated heterocycles. The number of aromatic nitrogens is 1. The van der Waals surface area contributed by atoms with Crippen molar-refractivity contribution < 1.29 is 29.4 Å². The Kier molecular flexibility index (Phi) is 6.49. The van der Waals surface area contributed by atoms with Crippen LogP contribution in [-0.2, 0) is 9.59 Å². The summed E-state index contributed by atoms with van der Waals surface area (Å²) in [7, 11) is 0. The quantitative estimate of drug-likeness (QED) is 0.262. The van der Waals surface area contributed by atoms with Crippen molar-refractivity contribution in [3.05, 3.63) is 87.2 Å². The van der Waals surface area contributed by atoms with E-state index < -0.39 is 23.8 Å². The van der Waals surface area contributed by atoms with Gasteiger partial charge in [0.15, 0.2) is 5.11 Å². The molecule has 9 nitrogen and oxygen atoms in total. The first-order valence-corrected chi connectivity index (χ1v) is 11.2. The first kappa shape index (κ1) is 24.8. The molecule has 3 aromatic rings. The monoisotopic (exact) mass is 523 g/mol. The van der Waals surface area contributed by atoms with Crippen molar-refractivity contribution in [2.75, 3.05) is 4.90 Å². The van der Waals surface area contributed by atoms with Crippen LogP contribution in [-0.4, -0.2) is 43.6 Å². The fraction of sp³-hybridized carbons (Fsp3) is 0.0800. The van der Waals surface area contributed by atoms with Gasteiger partial charge in [-0.3, -0.25) is 19.8 Å². The summed E-state index contributed by atoms with van der Waals surface area (Å²) in [6, 6.07) is 11.9. The van der Waals surface area contributed by atoms with E-state index in [2.05, 4.69) is 5.32 Å². The molecule has 0 saturated carbocycles. The highest BCUT2D eigenvalue weighted by Gasteiger charge is 2.35. The van der Waals surface area contributed by atoms with Gasteiger partial charge in [0.1, 0.15) is 5.57 Å². The fourth-order valence-corrected chi connectivity index (χ4v) is 4.45. The van der Waals surface area contributed by atoms with Gasteiger partial charge in [0, 0.05) is 22.1 Å². The molecule has 1 aromatic heterocycles. The standard InChI is InChI=1S/C25H18ClN3O6S/c1-12-6-14(13(2)28(12)19-8-15(23(32)33)7-16(9-19)24(34)35)10-20-21(30)27-25(36)29(22(20)31)18-5-3-4-17(26)11-18/h3-11H,1-2H3,(H,32,33)(H,34,35)(H,27,30,36)/b20-10+. The van der Waals surface area contributed by atoms with E-state index in [4.69, 9.17) is 23.8 Å². The van der Waals surface area contributed by atoms with E-state index in [0.717, 1.165) is 6.07 Å². The third-order valence-electron chi connectivity index (χ3n) is 5.61. The van der Waals surface area contributed by atoms with E-state index in [1.54, 1.807) is 48.7 Å². The molecule has 182 valence electrons. The second-order valence-corrected chi connectivity index (χ2v) is 8.80. The summed E-state index contributed by atoms with van der Waals surface area (Å²) in [5.41, 5.74) is 1.84. The number of anilines is 1. The molecule has 2 amide bonds. The fourth-order valence-electron chi connectivity index (χ4n) is 3.98. The number of carbonyl (C=O) groups is 4. The Morgan fingerprint density at radius 3 is 2.19 bits per heavy atom. The maximum atomic E-state index is 13.3. The number of carboxylic acid groups (broad SMARTS) is 2. The Morgan fingerprint density at radius 1 is 0.972 bits per heavy atom. The molecule has 1 fully saturated rings. The number of benzene rings is 2. The van der Waals surface area contributed by atoms with Crippen LogP contribution in [0.15, 0.2) is 54.1 Å². The number of rotatable bonds is 5. The first-order valence-electron chi connectivity index (χ1n) is 10.5. The van der Waals surface area contributed by atoms with E-state index in [-0.39, 0.29) is 21.8 Å². The molecule has 1 aliphatic rings. The van der Waals surface area contributed by atoms with Gasteiger partial charge in [-0.2, -0.15) is 0 Å². The number of amides is 2. The maximum Gasteiger partial charge on any atom is 0.335 e.